The van der Waals surface area contributed by atoms with Gasteiger partial charge in [0, 0.05) is 48.5 Å². The molecule has 2 atom stereocenters. The Kier molecular flexibility index (Phi) is 6.99. The Labute approximate surface area is 247 Å². The molecule has 3 aromatic carbocycles. The Balaban J connectivity index is 1.30. The number of fused-ring (bicyclic) bond motifs is 2. The van der Waals surface area contributed by atoms with E-state index in [9.17, 15) is 4.79 Å². The number of hydrogen-bond donors (Lipinski definition) is 2. The first-order chi connectivity index (χ1) is 19.7. The van der Waals surface area contributed by atoms with Crippen LogP contribution >= 0.6 is 12.2 Å². The second-order valence-corrected chi connectivity index (χ2v) is 11.8. The van der Waals surface area contributed by atoms with E-state index in [0.717, 1.165) is 27.7 Å². The Morgan fingerprint density at radius 2 is 1.83 bits per heavy atom. The maximum atomic E-state index is 13.2. The van der Waals surface area contributed by atoms with Crippen molar-refractivity contribution in [3.8, 4) is 0 Å². The molecule has 0 saturated carbocycles. The fourth-order valence-electron chi connectivity index (χ4n) is 6.14. The van der Waals surface area contributed by atoms with Crippen molar-refractivity contribution < 1.29 is 4.79 Å². The van der Waals surface area contributed by atoms with Gasteiger partial charge in [-0.25, -0.2) is 0 Å². The Morgan fingerprint density at radius 1 is 1.05 bits per heavy atom. The van der Waals surface area contributed by atoms with Crippen molar-refractivity contribution >= 4 is 51.0 Å². The van der Waals surface area contributed by atoms with Gasteiger partial charge in [-0.15, -0.1) is 0 Å². The molecular weight excluding hydrogens is 526 g/mol. The average molecular weight is 562 g/mol. The van der Waals surface area contributed by atoms with Crippen LogP contribution < -0.4 is 15.5 Å². The summed E-state index contributed by atoms with van der Waals surface area (Å²) in [5, 5.41) is 9.40. The van der Waals surface area contributed by atoms with Crippen LogP contribution in [-0.2, 0) is 4.79 Å². The van der Waals surface area contributed by atoms with Gasteiger partial charge in [-0.05, 0) is 79.8 Å². The molecule has 6 rings (SSSR count). The van der Waals surface area contributed by atoms with Gasteiger partial charge in [0.05, 0.1) is 23.3 Å². The topological polar surface area (TPSA) is 60.5 Å². The van der Waals surface area contributed by atoms with E-state index in [1.807, 2.05) is 54.7 Å². The van der Waals surface area contributed by atoms with Crippen molar-refractivity contribution in [3.05, 3.63) is 108 Å². The van der Waals surface area contributed by atoms with Gasteiger partial charge in [0.1, 0.15) is 0 Å². The lowest BCUT2D eigenvalue weighted by Gasteiger charge is -2.41. The van der Waals surface area contributed by atoms with Crippen LogP contribution in [0, 0.1) is 0 Å². The molecule has 0 unspecified atom stereocenters. The van der Waals surface area contributed by atoms with E-state index in [-0.39, 0.29) is 23.5 Å². The number of carbonyl (C=O) groups excluding carboxylic acids is 1. The van der Waals surface area contributed by atoms with Crippen LogP contribution in [0.2, 0.25) is 0 Å². The molecule has 0 bridgehead atoms. The Hall–Kier alpha value is -4.23. The minimum Gasteiger partial charge on any atom is -0.366 e. The van der Waals surface area contributed by atoms with E-state index in [1.54, 1.807) is 0 Å². The third-order valence-electron chi connectivity index (χ3n) is 8.42. The molecule has 1 saturated heterocycles. The van der Waals surface area contributed by atoms with E-state index in [0.29, 0.717) is 18.1 Å². The number of thiocarbonyl (C=S) groups is 1. The number of benzene rings is 3. The summed E-state index contributed by atoms with van der Waals surface area (Å²) in [5.74, 6) is -0.0442. The largest absolute Gasteiger partial charge is 0.366 e. The maximum absolute atomic E-state index is 13.2. The van der Waals surface area contributed by atoms with Crippen LogP contribution in [0.3, 0.4) is 0 Å². The van der Waals surface area contributed by atoms with Gasteiger partial charge in [0.2, 0.25) is 5.91 Å². The molecule has 1 aromatic heterocycles. The van der Waals surface area contributed by atoms with Crippen molar-refractivity contribution in [2.24, 2.45) is 0 Å². The first kappa shape index (κ1) is 27.0. The highest BCUT2D eigenvalue weighted by molar-refractivity contribution is 7.80. The van der Waals surface area contributed by atoms with Crippen molar-refractivity contribution in [2.45, 2.75) is 44.8 Å². The van der Waals surface area contributed by atoms with Crippen LogP contribution in [-0.4, -0.2) is 40.0 Å². The number of pyridine rings is 1. The Morgan fingerprint density at radius 3 is 2.63 bits per heavy atom. The van der Waals surface area contributed by atoms with Crippen molar-refractivity contribution in [1.29, 1.82) is 0 Å². The molecule has 1 fully saturated rings. The molecule has 7 heteroatoms. The van der Waals surface area contributed by atoms with Crippen LogP contribution in [0.5, 0.6) is 0 Å². The molecule has 0 spiro atoms. The minimum absolute atomic E-state index is 0.0442. The van der Waals surface area contributed by atoms with Crippen LogP contribution in [0.4, 0.5) is 11.4 Å². The zero-order valence-electron chi connectivity index (χ0n) is 23.9. The number of hydrogen-bond acceptors (Lipinski definition) is 4. The second-order valence-electron chi connectivity index (χ2n) is 11.5. The number of nitrogens with one attached hydrogen (secondary N) is 2. The number of amides is 1. The number of anilines is 2. The van der Waals surface area contributed by atoms with Gasteiger partial charge in [-0.3, -0.25) is 9.78 Å². The molecule has 1 amide bonds. The zero-order valence-corrected chi connectivity index (χ0v) is 24.7. The fourth-order valence-corrected chi connectivity index (χ4v) is 6.47. The van der Waals surface area contributed by atoms with E-state index in [4.69, 9.17) is 12.2 Å². The second kappa shape index (κ2) is 10.6. The van der Waals surface area contributed by atoms with Crippen LogP contribution in [0.1, 0.15) is 56.1 Å². The van der Waals surface area contributed by atoms with Gasteiger partial charge < -0.3 is 20.4 Å². The quantitative estimate of drug-likeness (QED) is 0.251. The predicted molar refractivity (Wildman–Crippen MR) is 172 cm³/mol. The highest BCUT2D eigenvalue weighted by Gasteiger charge is 2.40. The van der Waals surface area contributed by atoms with E-state index >= 15 is 0 Å². The molecule has 3 heterocycles. The highest BCUT2D eigenvalue weighted by Crippen LogP contribution is 2.43. The van der Waals surface area contributed by atoms with Crippen LogP contribution in [0.25, 0.3) is 16.3 Å². The summed E-state index contributed by atoms with van der Waals surface area (Å²) in [4.78, 5) is 22.4. The third-order valence-corrected chi connectivity index (χ3v) is 8.78. The molecule has 41 heavy (non-hydrogen) atoms. The molecule has 2 aliphatic heterocycles. The normalized spacial score (nSPS) is 19.5. The highest BCUT2D eigenvalue weighted by atomic mass is 32.1. The molecule has 6 nitrogen and oxygen atoms in total. The van der Waals surface area contributed by atoms with Gasteiger partial charge in [0.15, 0.2) is 5.11 Å². The predicted octanol–water partition coefficient (Wildman–Crippen LogP) is 6.87. The van der Waals surface area contributed by atoms with Gasteiger partial charge >= 0.3 is 0 Å². The van der Waals surface area contributed by atoms with Crippen molar-refractivity contribution in [3.63, 3.8) is 0 Å². The molecular formula is C34H35N5OS. The minimum atomic E-state index is -0.134. The lowest BCUT2D eigenvalue weighted by Crippen LogP contribution is -2.42. The first-order valence-electron chi connectivity index (χ1n) is 14.1. The molecule has 4 aromatic rings. The number of aromatic nitrogens is 1. The summed E-state index contributed by atoms with van der Waals surface area (Å²) in [6, 6.07) is 26.4. The summed E-state index contributed by atoms with van der Waals surface area (Å²) in [6.07, 6.45) is 4.44. The van der Waals surface area contributed by atoms with Crippen molar-refractivity contribution in [1.82, 2.24) is 15.2 Å². The Bertz CT molecular complexity index is 1660. The van der Waals surface area contributed by atoms with Gasteiger partial charge in [0.25, 0.3) is 0 Å². The van der Waals surface area contributed by atoms with Gasteiger partial charge in [-0.2, -0.15) is 0 Å². The fraction of sp³-hybridized carbons (Fsp3) is 0.265. The number of likely N-dealkylation sites (N-methyl/N-ethyl adjacent to an activating group) is 1. The lowest BCUT2D eigenvalue weighted by atomic mass is 9.86. The van der Waals surface area contributed by atoms with E-state index < -0.39 is 0 Å². The maximum Gasteiger partial charge on any atom is 0.226 e. The SMILES string of the molecule is CC1=CC(C)(C)N(C)c2ccc([C@H]3[C@H](c4ccccn4)NC(=S)N3CCC(=O)Nc3cccc4ccccc34)cc21. The van der Waals surface area contributed by atoms with E-state index in [2.05, 4.69) is 89.6 Å². The number of rotatable bonds is 6. The zero-order chi connectivity index (χ0) is 28.7. The third kappa shape index (κ3) is 5.06. The summed E-state index contributed by atoms with van der Waals surface area (Å²) in [7, 11) is 2.14. The van der Waals surface area contributed by atoms with E-state index in [1.165, 1.54) is 16.8 Å². The average Bonchev–Trinajstić information content (AvgIpc) is 3.31. The summed E-state index contributed by atoms with van der Waals surface area (Å²) in [6.45, 7) is 7.12. The molecule has 208 valence electrons. The van der Waals surface area contributed by atoms with Crippen LogP contribution in [0.15, 0.2) is 91.1 Å². The monoisotopic (exact) mass is 561 g/mol. The molecule has 0 radical (unpaired) electrons. The first-order valence-corrected chi connectivity index (χ1v) is 14.5. The molecule has 2 aliphatic rings. The van der Waals surface area contributed by atoms with Gasteiger partial charge in [-0.1, -0.05) is 54.6 Å². The lowest BCUT2D eigenvalue weighted by molar-refractivity contribution is -0.116. The smallest absolute Gasteiger partial charge is 0.226 e. The number of carbonyl (C=O) groups is 1. The summed E-state index contributed by atoms with van der Waals surface area (Å²) < 4.78 is 0. The number of nitrogens with zero attached hydrogens (tertiary/aromatic N) is 3. The standard InChI is InChI=1S/C34H35N5OS/c1-22-21-34(2,3)38(4)29-16-15-24(20-26(22)29)32-31(28-13-7-8-18-35-28)37-33(41)39(32)19-17-30(40)36-27-14-9-11-23-10-5-6-12-25(23)27/h5-16,18,20-21,31-32H,17,19H2,1-4H3,(H,36,40)(H,37,41)/t31-,32-/m0/s1. The van der Waals surface area contributed by atoms with Crippen molar-refractivity contribution in [2.75, 3.05) is 23.8 Å². The number of allylic oxidation sites excluding steroid dienone is 1. The summed E-state index contributed by atoms with van der Waals surface area (Å²) >= 11 is 5.87. The molecule has 0 aliphatic carbocycles. The summed E-state index contributed by atoms with van der Waals surface area (Å²) in [5.41, 5.74) is 6.51. The molecule has 2 N–H and O–H groups in total.